The summed E-state index contributed by atoms with van der Waals surface area (Å²) < 4.78 is 50.4. The molecule has 1 spiro atoms. The molecule has 402 valence electrons. The van der Waals surface area contributed by atoms with Gasteiger partial charge in [-0.3, -0.25) is 29.6 Å². The molecule has 2 aliphatic carbocycles. The number of hydrogen-bond acceptors (Lipinski definition) is 14. The molecule has 0 bridgehead atoms. The van der Waals surface area contributed by atoms with Crippen LogP contribution in [0.4, 0.5) is 20.3 Å². The summed E-state index contributed by atoms with van der Waals surface area (Å²) in [6, 6.07) is 12.1. The molecule has 5 aromatic rings. The number of hydrogen-bond donors (Lipinski definition) is 2. The first kappa shape index (κ1) is 50.7. The van der Waals surface area contributed by atoms with Crippen molar-refractivity contribution in [3.63, 3.8) is 0 Å². The van der Waals surface area contributed by atoms with Gasteiger partial charge in [-0.05, 0) is 141 Å². The number of piperidine rings is 2. The number of rotatable bonds is 15. The number of halogens is 2. The molecule has 12 rings (SSSR count). The van der Waals surface area contributed by atoms with Crippen molar-refractivity contribution >= 4 is 50.9 Å². The number of amides is 3. The van der Waals surface area contributed by atoms with Crippen LogP contribution in [0.2, 0.25) is 0 Å². The maximum atomic E-state index is 17.4. The third kappa shape index (κ3) is 9.83. The van der Waals surface area contributed by atoms with Gasteiger partial charge in [0.05, 0.1) is 17.6 Å². The van der Waals surface area contributed by atoms with Gasteiger partial charge in [-0.15, -0.1) is 0 Å². The van der Waals surface area contributed by atoms with Crippen LogP contribution in [0, 0.1) is 28.4 Å². The minimum atomic E-state index is -0.960. The predicted octanol–water partition coefficient (Wildman–Crippen LogP) is 7.25. The Morgan fingerprint density at radius 3 is 2.39 bits per heavy atom. The number of ether oxygens (including phenoxy) is 3. The Bertz CT molecular complexity index is 3090. The highest BCUT2D eigenvalue weighted by Crippen LogP contribution is 2.52. The van der Waals surface area contributed by atoms with E-state index in [0.29, 0.717) is 101 Å². The van der Waals surface area contributed by atoms with E-state index in [2.05, 4.69) is 26.1 Å². The number of carbonyl (C=O) groups excluding carboxylic acids is 3. The Labute approximate surface area is 442 Å². The van der Waals surface area contributed by atoms with Crippen LogP contribution in [-0.2, 0) is 27.3 Å². The van der Waals surface area contributed by atoms with Crippen LogP contribution in [-0.4, -0.2) is 150 Å². The van der Waals surface area contributed by atoms with Gasteiger partial charge < -0.3 is 38.9 Å². The maximum Gasteiger partial charge on any atom is 0.319 e. The quantitative estimate of drug-likeness (QED) is 0.0795. The topological polar surface area (TPSA) is 166 Å². The van der Waals surface area contributed by atoms with E-state index >= 15 is 8.78 Å². The average molecular weight is 1040 g/mol. The molecule has 7 aliphatic rings. The molecule has 3 amide bonds. The van der Waals surface area contributed by atoms with Crippen molar-refractivity contribution < 1.29 is 42.5 Å². The van der Waals surface area contributed by atoms with Crippen molar-refractivity contribution in [3.8, 4) is 23.0 Å². The van der Waals surface area contributed by atoms with Crippen LogP contribution in [0.15, 0.2) is 48.7 Å². The number of piperazine rings is 1. The highest BCUT2D eigenvalue weighted by Gasteiger charge is 2.52. The van der Waals surface area contributed by atoms with Gasteiger partial charge in [0.1, 0.15) is 34.6 Å². The number of β-amino-alcohol motifs (C(OH)–C–C–N with tert-alkyl or cyclic N) is 1. The zero-order chi connectivity index (χ0) is 52.5. The van der Waals surface area contributed by atoms with Gasteiger partial charge in [-0.2, -0.15) is 9.97 Å². The van der Waals surface area contributed by atoms with Gasteiger partial charge in [-0.25, -0.2) is 8.78 Å². The molecule has 76 heavy (non-hydrogen) atoms. The highest BCUT2D eigenvalue weighted by molar-refractivity contribution is 6.06. The molecule has 2 atom stereocenters. The minimum absolute atomic E-state index is 0.0108. The summed E-state index contributed by atoms with van der Waals surface area (Å²) in [5.74, 6) is -0.282. The number of methoxy groups -OCH3 is 1. The molecule has 7 heterocycles. The second-order valence-corrected chi connectivity index (χ2v) is 23.4. The van der Waals surface area contributed by atoms with Crippen LogP contribution in [0.5, 0.6) is 11.8 Å². The fourth-order valence-electron chi connectivity index (χ4n) is 13.5. The lowest BCUT2D eigenvalue weighted by molar-refractivity contribution is -0.136. The fourth-order valence-corrected chi connectivity index (χ4v) is 13.5. The smallest absolute Gasteiger partial charge is 0.319 e. The molecule has 0 radical (unpaired) electrons. The van der Waals surface area contributed by atoms with Gasteiger partial charge in [0, 0.05) is 114 Å². The number of aliphatic hydroxyl groups is 1. The summed E-state index contributed by atoms with van der Waals surface area (Å²) in [7, 11) is 1.52. The van der Waals surface area contributed by atoms with Crippen molar-refractivity contribution in [2.45, 2.75) is 103 Å². The van der Waals surface area contributed by atoms with Crippen LogP contribution in [0.25, 0.3) is 32.9 Å². The standard InChI is InChI=1S/C58H69F2N9O7/c1-4-41-45(59)9-6-37-25-40(76-35-74-3)26-43(48(37)41)50-49(60)51-44(27-61-50)52(68-19-5-14-56(2,73)30-68)64-55(63-51)75-34-58(17-18-58)33-66-31-57(32-66)15-12-36(13-16-57)28-65-20-22-67(23-21-65)39-7-8-42-38(24-39)29-69(54(42)72)46-10-11-47(70)62-53(46)71/h6-9,24-27,36,46,73H,4-5,10-23,28-35H2,1-3H3,(H,62,70,71)/t46-,56+/m0/s1. The van der Waals surface area contributed by atoms with Crippen molar-refractivity contribution in [2.75, 3.05) is 95.8 Å². The van der Waals surface area contributed by atoms with Crippen molar-refractivity contribution in [2.24, 2.45) is 16.7 Å². The Morgan fingerprint density at radius 1 is 0.855 bits per heavy atom. The van der Waals surface area contributed by atoms with E-state index in [1.54, 1.807) is 29.3 Å². The summed E-state index contributed by atoms with van der Waals surface area (Å²) in [5, 5.41) is 15.2. The second-order valence-electron chi connectivity index (χ2n) is 23.4. The van der Waals surface area contributed by atoms with Crippen molar-refractivity contribution in [1.29, 1.82) is 0 Å². The zero-order valence-electron chi connectivity index (χ0n) is 44.0. The predicted molar refractivity (Wildman–Crippen MR) is 283 cm³/mol. The van der Waals surface area contributed by atoms with Crippen LogP contribution < -0.4 is 24.6 Å². The summed E-state index contributed by atoms with van der Waals surface area (Å²) in [5.41, 5.74) is 2.96. The summed E-state index contributed by atoms with van der Waals surface area (Å²) in [4.78, 5) is 63.1. The van der Waals surface area contributed by atoms with E-state index in [4.69, 9.17) is 29.2 Å². The number of fused-ring (bicyclic) bond motifs is 3. The third-order valence-electron chi connectivity index (χ3n) is 17.8. The first-order chi connectivity index (χ1) is 36.7. The highest BCUT2D eigenvalue weighted by atomic mass is 19.1. The number of nitrogens with zero attached hydrogens (tertiary/aromatic N) is 8. The van der Waals surface area contributed by atoms with Gasteiger partial charge in [0.25, 0.3) is 5.91 Å². The first-order valence-corrected chi connectivity index (χ1v) is 27.5. The molecule has 0 unspecified atom stereocenters. The van der Waals surface area contributed by atoms with Crippen LogP contribution in [0.1, 0.15) is 99.5 Å². The molecule has 3 aromatic carbocycles. The number of aryl methyl sites for hydroxylation is 1. The molecule has 2 saturated carbocycles. The Kier molecular flexibility index (Phi) is 13.4. The number of pyridine rings is 1. The molecule has 16 nitrogen and oxygen atoms in total. The van der Waals surface area contributed by atoms with E-state index in [9.17, 15) is 19.5 Å². The third-order valence-corrected chi connectivity index (χ3v) is 17.8. The van der Waals surface area contributed by atoms with Gasteiger partial charge in [-0.1, -0.05) is 13.0 Å². The monoisotopic (exact) mass is 1040 g/mol. The number of likely N-dealkylation sites (tertiary alicyclic amines) is 1. The normalized spacial score (nSPS) is 23.8. The summed E-state index contributed by atoms with van der Waals surface area (Å²) in [6.45, 7) is 13.5. The van der Waals surface area contributed by atoms with Crippen molar-refractivity contribution in [1.82, 2.24) is 35.0 Å². The molecular formula is C58H69F2N9O7. The van der Waals surface area contributed by atoms with E-state index in [-0.39, 0.29) is 59.4 Å². The van der Waals surface area contributed by atoms with E-state index < -0.39 is 17.5 Å². The lowest BCUT2D eigenvalue weighted by Gasteiger charge is -2.55. The fraction of sp³-hybridized carbons (Fsp3) is 0.552. The molecule has 4 saturated heterocycles. The average Bonchev–Trinajstić information content (AvgIpc) is 4.10. The van der Waals surface area contributed by atoms with E-state index in [0.717, 1.165) is 82.9 Å². The summed E-state index contributed by atoms with van der Waals surface area (Å²) >= 11 is 0. The molecule has 18 heteroatoms. The van der Waals surface area contributed by atoms with Crippen LogP contribution in [0.3, 0.4) is 0 Å². The lowest BCUT2D eigenvalue weighted by Crippen LogP contribution is -2.59. The lowest BCUT2D eigenvalue weighted by atomic mass is 9.65. The van der Waals surface area contributed by atoms with Gasteiger partial charge in [0.15, 0.2) is 12.6 Å². The number of benzene rings is 3. The molecule has 2 aromatic heterocycles. The minimum Gasteiger partial charge on any atom is -0.468 e. The Hall–Kier alpha value is -6.08. The van der Waals surface area contributed by atoms with Crippen molar-refractivity contribution in [3.05, 3.63) is 77.0 Å². The number of imide groups is 1. The molecule has 6 fully saturated rings. The van der Waals surface area contributed by atoms with Gasteiger partial charge in [0.2, 0.25) is 11.8 Å². The largest absolute Gasteiger partial charge is 0.468 e. The number of anilines is 2. The molecular weight excluding hydrogens is 973 g/mol. The van der Waals surface area contributed by atoms with Crippen LogP contribution >= 0.6 is 0 Å². The SMILES string of the molecule is CCc1c(F)ccc2cc(OCOC)cc(-c3ncc4c(N5CCC[C@@](C)(O)C5)nc(OCC5(CN6CC7(CCC(CN8CCN(c9ccc%10c(c9)CN([C@H]9CCC(=O)NC9=O)C%10=O)CC8)CC7)C6)CC5)nc4c3F)c12. The summed E-state index contributed by atoms with van der Waals surface area (Å²) in [6.07, 6.45) is 11.0. The Balaban J connectivity index is 0.670. The number of aromatic nitrogens is 3. The van der Waals surface area contributed by atoms with E-state index in [1.807, 2.05) is 30.9 Å². The van der Waals surface area contributed by atoms with E-state index in [1.165, 1.54) is 38.9 Å². The molecule has 2 N–H and O–H groups in total. The zero-order valence-corrected chi connectivity index (χ0v) is 44.0. The maximum absolute atomic E-state index is 17.4. The second kappa shape index (κ2) is 20.1. The number of nitrogens with one attached hydrogen (secondary N) is 1. The number of carbonyl (C=O) groups is 3. The first-order valence-electron chi connectivity index (χ1n) is 27.5. The Morgan fingerprint density at radius 2 is 1.66 bits per heavy atom. The van der Waals surface area contributed by atoms with Gasteiger partial charge >= 0.3 is 6.01 Å². The molecule has 5 aliphatic heterocycles.